The van der Waals surface area contributed by atoms with E-state index in [0.717, 1.165) is 42.9 Å². The van der Waals surface area contributed by atoms with E-state index in [4.69, 9.17) is 4.74 Å². The monoisotopic (exact) mass is 427 g/mol. The van der Waals surface area contributed by atoms with Crippen molar-refractivity contribution in [2.75, 3.05) is 45.8 Å². The molecule has 0 spiro atoms. The third kappa shape index (κ3) is 8.42. The van der Waals surface area contributed by atoms with Gasteiger partial charge < -0.3 is 20.3 Å². The van der Waals surface area contributed by atoms with E-state index in [0.29, 0.717) is 6.54 Å². The lowest BCUT2D eigenvalue weighted by Gasteiger charge is -2.10. The second kappa shape index (κ2) is 12.0. The summed E-state index contributed by atoms with van der Waals surface area (Å²) in [7, 11) is 5.70. The highest BCUT2D eigenvalue weighted by molar-refractivity contribution is 14.0. The van der Waals surface area contributed by atoms with Crippen LogP contribution in [0.25, 0.3) is 0 Å². The molecule has 0 aliphatic carbocycles. The Labute approximate surface area is 148 Å². The van der Waals surface area contributed by atoms with Gasteiger partial charge in [-0.15, -0.1) is 35.3 Å². The van der Waals surface area contributed by atoms with Crippen molar-refractivity contribution in [1.82, 2.24) is 15.6 Å². The molecule has 1 rings (SSSR count). The Bertz CT molecular complexity index is 411. The fourth-order valence-electron chi connectivity index (χ4n) is 1.50. The first-order valence-corrected chi connectivity index (χ1v) is 7.68. The first-order chi connectivity index (χ1) is 9.67. The lowest BCUT2D eigenvalue weighted by atomic mass is 10.4. The summed E-state index contributed by atoms with van der Waals surface area (Å²) in [5.74, 6) is 0.822. The number of aromatic nitrogens is 1. The SMILES string of the molecule is CCNC(=NCc1csc(N(C)C)n1)NCCCOC.I. The highest BCUT2D eigenvalue weighted by Crippen LogP contribution is 2.18. The molecule has 0 radical (unpaired) electrons. The van der Waals surface area contributed by atoms with E-state index in [2.05, 4.69) is 27.5 Å². The average molecular weight is 427 g/mol. The molecule has 0 aliphatic rings. The molecule has 1 aromatic heterocycles. The average Bonchev–Trinajstić information content (AvgIpc) is 2.90. The first-order valence-electron chi connectivity index (χ1n) is 6.80. The molecule has 8 heteroatoms. The Morgan fingerprint density at radius 3 is 2.76 bits per heavy atom. The number of guanidine groups is 1. The molecular formula is C13H26IN5OS. The van der Waals surface area contributed by atoms with E-state index in [1.165, 1.54) is 0 Å². The molecule has 21 heavy (non-hydrogen) atoms. The highest BCUT2D eigenvalue weighted by Gasteiger charge is 2.03. The summed E-state index contributed by atoms with van der Waals surface area (Å²) in [4.78, 5) is 11.1. The third-order valence-electron chi connectivity index (χ3n) is 2.48. The van der Waals surface area contributed by atoms with Crippen LogP contribution in [-0.4, -0.2) is 51.8 Å². The topological polar surface area (TPSA) is 61.8 Å². The minimum absolute atomic E-state index is 0. The van der Waals surface area contributed by atoms with Gasteiger partial charge in [-0.25, -0.2) is 9.98 Å². The zero-order valence-corrected chi connectivity index (χ0v) is 16.3. The normalized spacial score (nSPS) is 11.0. The van der Waals surface area contributed by atoms with Crippen LogP contribution in [0.4, 0.5) is 5.13 Å². The molecule has 0 saturated carbocycles. The molecule has 6 nitrogen and oxygen atoms in total. The second-order valence-electron chi connectivity index (χ2n) is 4.48. The number of hydrogen-bond acceptors (Lipinski definition) is 5. The minimum atomic E-state index is 0. The number of anilines is 1. The van der Waals surface area contributed by atoms with E-state index in [-0.39, 0.29) is 24.0 Å². The van der Waals surface area contributed by atoms with E-state index in [1.807, 2.05) is 24.4 Å². The van der Waals surface area contributed by atoms with Crippen LogP contribution in [0.2, 0.25) is 0 Å². The van der Waals surface area contributed by atoms with E-state index in [1.54, 1.807) is 18.4 Å². The predicted molar refractivity (Wildman–Crippen MR) is 101 cm³/mol. The van der Waals surface area contributed by atoms with Crippen molar-refractivity contribution < 1.29 is 4.74 Å². The summed E-state index contributed by atoms with van der Waals surface area (Å²) in [6, 6.07) is 0. The van der Waals surface area contributed by atoms with E-state index >= 15 is 0 Å². The van der Waals surface area contributed by atoms with E-state index < -0.39 is 0 Å². The van der Waals surface area contributed by atoms with Gasteiger partial charge in [-0.05, 0) is 13.3 Å². The summed E-state index contributed by atoms with van der Waals surface area (Å²) in [5, 5.41) is 9.56. The Morgan fingerprint density at radius 2 is 2.19 bits per heavy atom. The van der Waals surface area contributed by atoms with Gasteiger partial charge in [0.1, 0.15) is 0 Å². The van der Waals surface area contributed by atoms with Crippen molar-refractivity contribution in [2.24, 2.45) is 4.99 Å². The number of methoxy groups -OCH3 is 1. The Hall–Kier alpha value is -0.610. The van der Waals surface area contributed by atoms with Gasteiger partial charge in [0.05, 0.1) is 12.2 Å². The molecule has 0 atom stereocenters. The largest absolute Gasteiger partial charge is 0.385 e. The fourth-order valence-corrected chi connectivity index (χ4v) is 2.25. The van der Waals surface area contributed by atoms with Crippen LogP contribution >= 0.6 is 35.3 Å². The van der Waals surface area contributed by atoms with Crippen LogP contribution in [0.1, 0.15) is 19.0 Å². The van der Waals surface area contributed by atoms with Crippen molar-refractivity contribution in [3.05, 3.63) is 11.1 Å². The van der Waals surface area contributed by atoms with Gasteiger partial charge >= 0.3 is 0 Å². The molecule has 1 aromatic rings. The molecule has 0 fully saturated rings. The molecule has 0 unspecified atom stereocenters. The molecule has 0 aliphatic heterocycles. The van der Waals surface area contributed by atoms with Crippen LogP contribution in [0.15, 0.2) is 10.4 Å². The lowest BCUT2D eigenvalue weighted by molar-refractivity contribution is 0.195. The van der Waals surface area contributed by atoms with Gasteiger partial charge in [0.2, 0.25) is 0 Å². The van der Waals surface area contributed by atoms with Gasteiger partial charge in [0.25, 0.3) is 0 Å². The van der Waals surface area contributed by atoms with Crippen molar-refractivity contribution in [1.29, 1.82) is 0 Å². The number of ether oxygens (including phenoxy) is 1. The summed E-state index contributed by atoms with van der Waals surface area (Å²) in [6.07, 6.45) is 0.961. The van der Waals surface area contributed by atoms with Crippen molar-refractivity contribution in [3.63, 3.8) is 0 Å². The number of aliphatic imine (C=N–C) groups is 1. The predicted octanol–water partition coefficient (Wildman–Crippen LogP) is 1.92. The zero-order valence-electron chi connectivity index (χ0n) is 13.2. The number of thiazole rings is 1. The number of nitrogens with zero attached hydrogens (tertiary/aromatic N) is 3. The van der Waals surface area contributed by atoms with Gasteiger partial charge in [-0.1, -0.05) is 0 Å². The van der Waals surface area contributed by atoms with Gasteiger partial charge in [0, 0.05) is 46.3 Å². The molecular weight excluding hydrogens is 401 g/mol. The van der Waals surface area contributed by atoms with Crippen molar-refractivity contribution in [2.45, 2.75) is 19.9 Å². The maximum Gasteiger partial charge on any atom is 0.191 e. The highest BCUT2D eigenvalue weighted by atomic mass is 127. The Kier molecular flexibility index (Phi) is 11.6. The van der Waals surface area contributed by atoms with E-state index in [9.17, 15) is 0 Å². The summed E-state index contributed by atoms with van der Waals surface area (Å²) in [6.45, 7) is 5.09. The first kappa shape index (κ1) is 20.4. The quantitative estimate of drug-likeness (QED) is 0.287. The molecule has 122 valence electrons. The molecule has 0 aromatic carbocycles. The Morgan fingerprint density at radius 1 is 1.43 bits per heavy atom. The number of hydrogen-bond donors (Lipinski definition) is 2. The maximum absolute atomic E-state index is 5.02. The van der Waals surface area contributed by atoms with Gasteiger partial charge in [-0.2, -0.15) is 0 Å². The molecule has 1 heterocycles. The summed E-state index contributed by atoms with van der Waals surface area (Å²) in [5.41, 5.74) is 0.993. The number of nitrogens with one attached hydrogen (secondary N) is 2. The van der Waals surface area contributed by atoms with Crippen LogP contribution < -0.4 is 15.5 Å². The van der Waals surface area contributed by atoms with Crippen LogP contribution in [0, 0.1) is 0 Å². The molecule has 0 saturated heterocycles. The smallest absolute Gasteiger partial charge is 0.191 e. The van der Waals surface area contributed by atoms with Gasteiger partial charge in [-0.3, -0.25) is 0 Å². The van der Waals surface area contributed by atoms with Crippen LogP contribution in [0.5, 0.6) is 0 Å². The standard InChI is InChI=1S/C13H25N5OS.HI/c1-5-14-12(15-7-6-8-19-4)16-9-11-10-20-13(17-11)18(2)3;/h10H,5-9H2,1-4H3,(H2,14,15,16);1H. The van der Waals surface area contributed by atoms with Gasteiger partial charge in [0.15, 0.2) is 11.1 Å². The number of rotatable bonds is 8. The molecule has 0 bridgehead atoms. The summed E-state index contributed by atoms with van der Waals surface area (Å²) >= 11 is 1.64. The Balaban J connectivity index is 0.00000400. The third-order valence-corrected chi connectivity index (χ3v) is 3.54. The zero-order chi connectivity index (χ0) is 14.8. The van der Waals surface area contributed by atoms with Crippen LogP contribution in [-0.2, 0) is 11.3 Å². The van der Waals surface area contributed by atoms with Crippen LogP contribution in [0.3, 0.4) is 0 Å². The minimum Gasteiger partial charge on any atom is -0.385 e. The van der Waals surface area contributed by atoms with Crippen molar-refractivity contribution >= 4 is 46.4 Å². The molecule has 2 N–H and O–H groups in total. The second-order valence-corrected chi connectivity index (χ2v) is 5.32. The van der Waals surface area contributed by atoms with Crippen molar-refractivity contribution in [3.8, 4) is 0 Å². The lowest BCUT2D eigenvalue weighted by Crippen LogP contribution is -2.38. The number of halogens is 1. The molecule has 0 amide bonds. The summed E-state index contributed by atoms with van der Waals surface area (Å²) < 4.78 is 5.02. The maximum atomic E-state index is 5.02. The fraction of sp³-hybridized carbons (Fsp3) is 0.692.